The molecule has 1 atom stereocenters. The zero-order valence-corrected chi connectivity index (χ0v) is 14.9. The van der Waals surface area contributed by atoms with Crippen molar-refractivity contribution in [2.45, 2.75) is 39.2 Å². The number of nitrogens with one attached hydrogen (secondary N) is 1. The molecule has 1 saturated heterocycles. The average molecular weight is 346 g/mol. The van der Waals surface area contributed by atoms with Gasteiger partial charge in [0.25, 0.3) is 0 Å². The Balaban J connectivity index is 1.93. The predicted octanol–water partition coefficient (Wildman–Crippen LogP) is 2.06. The summed E-state index contributed by atoms with van der Waals surface area (Å²) in [6.45, 7) is 4.72. The molecule has 2 rings (SSSR count). The zero-order chi connectivity index (χ0) is 18.2. The number of ether oxygens (including phenoxy) is 1. The number of carbonyl (C=O) groups is 3. The Labute approximate surface area is 148 Å². The van der Waals surface area contributed by atoms with Gasteiger partial charge < -0.3 is 15.0 Å². The Morgan fingerprint density at radius 1 is 1.20 bits per heavy atom. The second kappa shape index (κ2) is 9.20. The Morgan fingerprint density at radius 2 is 1.84 bits per heavy atom. The third kappa shape index (κ3) is 5.59. The monoisotopic (exact) mass is 346 g/mol. The zero-order valence-electron chi connectivity index (χ0n) is 14.9. The summed E-state index contributed by atoms with van der Waals surface area (Å²) in [5.74, 6) is -0.466. The molecule has 0 aliphatic carbocycles. The van der Waals surface area contributed by atoms with E-state index in [2.05, 4.69) is 5.32 Å². The van der Waals surface area contributed by atoms with Gasteiger partial charge in [-0.1, -0.05) is 30.3 Å². The van der Waals surface area contributed by atoms with E-state index in [0.717, 1.165) is 5.56 Å². The van der Waals surface area contributed by atoms with Gasteiger partial charge in [-0.25, -0.2) is 0 Å². The van der Waals surface area contributed by atoms with Crippen LogP contribution >= 0.6 is 0 Å². The molecule has 0 radical (unpaired) electrons. The van der Waals surface area contributed by atoms with Crippen molar-refractivity contribution in [3.05, 3.63) is 35.9 Å². The Morgan fingerprint density at radius 3 is 2.40 bits per heavy atom. The van der Waals surface area contributed by atoms with Crippen LogP contribution in [0.2, 0.25) is 0 Å². The minimum absolute atomic E-state index is 0.00934. The number of esters is 1. The maximum atomic E-state index is 12.6. The molecule has 6 nitrogen and oxygen atoms in total. The SMILES string of the molecule is CCOC(=O)C1CCN(C(=O)CC(NC(C)=O)c2ccccc2)CC1. The van der Waals surface area contributed by atoms with Crippen LogP contribution in [0.3, 0.4) is 0 Å². The molecule has 2 amide bonds. The number of likely N-dealkylation sites (tertiary alicyclic amines) is 1. The van der Waals surface area contributed by atoms with E-state index < -0.39 is 0 Å². The highest BCUT2D eigenvalue weighted by Crippen LogP contribution is 2.22. The highest BCUT2D eigenvalue weighted by molar-refractivity contribution is 5.80. The Bertz CT molecular complexity index is 595. The number of benzene rings is 1. The topological polar surface area (TPSA) is 75.7 Å². The van der Waals surface area contributed by atoms with Crippen LogP contribution < -0.4 is 5.32 Å². The first kappa shape index (κ1) is 19.0. The highest BCUT2D eigenvalue weighted by atomic mass is 16.5. The molecule has 1 aromatic carbocycles. The van der Waals surface area contributed by atoms with Crippen molar-refractivity contribution in [1.29, 1.82) is 0 Å². The van der Waals surface area contributed by atoms with Crippen LogP contribution in [0.25, 0.3) is 0 Å². The van der Waals surface area contributed by atoms with Gasteiger partial charge in [-0.2, -0.15) is 0 Å². The Kier molecular flexibility index (Phi) is 6.98. The molecule has 0 bridgehead atoms. The molecule has 1 heterocycles. The predicted molar refractivity (Wildman–Crippen MR) is 93.6 cm³/mol. The quantitative estimate of drug-likeness (QED) is 0.800. The van der Waals surface area contributed by atoms with Gasteiger partial charge in [0.15, 0.2) is 0 Å². The van der Waals surface area contributed by atoms with Gasteiger partial charge in [0.05, 0.1) is 25.0 Å². The summed E-state index contributed by atoms with van der Waals surface area (Å²) in [6.07, 6.45) is 1.47. The summed E-state index contributed by atoms with van der Waals surface area (Å²) in [5, 5.41) is 2.85. The van der Waals surface area contributed by atoms with E-state index in [1.165, 1.54) is 6.92 Å². The number of piperidine rings is 1. The molecule has 1 fully saturated rings. The molecule has 136 valence electrons. The highest BCUT2D eigenvalue weighted by Gasteiger charge is 2.29. The van der Waals surface area contributed by atoms with Crippen molar-refractivity contribution in [2.75, 3.05) is 19.7 Å². The number of nitrogens with zero attached hydrogens (tertiary/aromatic N) is 1. The molecular formula is C19H26N2O4. The maximum absolute atomic E-state index is 12.6. The van der Waals surface area contributed by atoms with Crippen LogP contribution in [0.15, 0.2) is 30.3 Å². The number of amides is 2. The first-order valence-corrected chi connectivity index (χ1v) is 8.77. The van der Waals surface area contributed by atoms with Crippen molar-refractivity contribution in [2.24, 2.45) is 5.92 Å². The average Bonchev–Trinajstić information content (AvgIpc) is 2.62. The van der Waals surface area contributed by atoms with Gasteiger partial charge in [-0.05, 0) is 25.3 Å². The second-order valence-electron chi connectivity index (χ2n) is 6.28. The fraction of sp³-hybridized carbons (Fsp3) is 0.526. The van der Waals surface area contributed by atoms with Crippen LogP contribution in [-0.2, 0) is 19.1 Å². The number of hydrogen-bond acceptors (Lipinski definition) is 4. The van der Waals surface area contributed by atoms with Gasteiger partial charge >= 0.3 is 5.97 Å². The summed E-state index contributed by atoms with van der Waals surface area (Å²) in [4.78, 5) is 37.7. The van der Waals surface area contributed by atoms with Gasteiger partial charge in [0, 0.05) is 20.0 Å². The standard InChI is InChI=1S/C19H26N2O4/c1-3-25-19(24)16-9-11-21(12-10-16)18(23)13-17(20-14(2)22)15-7-5-4-6-8-15/h4-8,16-17H,3,9-13H2,1-2H3,(H,20,22). The van der Waals surface area contributed by atoms with Crippen molar-refractivity contribution in [3.8, 4) is 0 Å². The van der Waals surface area contributed by atoms with Gasteiger partial charge in [-0.15, -0.1) is 0 Å². The van der Waals surface area contributed by atoms with Gasteiger partial charge in [0.2, 0.25) is 11.8 Å². The normalized spacial score (nSPS) is 16.2. The third-order valence-corrected chi connectivity index (χ3v) is 4.43. The number of rotatable bonds is 6. The summed E-state index contributed by atoms with van der Waals surface area (Å²) in [7, 11) is 0. The summed E-state index contributed by atoms with van der Waals surface area (Å²) in [5.41, 5.74) is 0.910. The lowest BCUT2D eigenvalue weighted by atomic mass is 9.96. The van der Waals surface area contributed by atoms with Crippen molar-refractivity contribution in [3.63, 3.8) is 0 Å². The molecule has 25 heavy (non-hydrogen) atoms. The van der Waals surface area contributed by atoms with E-state index in [9.17, 15) is 14.4 Å². The van der Waals surface area contributed by atoms with Crippen LogP contribution in [0.4, 0.5) is 0 Å². The fourth-order valence-corrected chi connectivity index (χ4v) is 3.11. The molecule has 1 unspecified atom stereocenters. The Hall–Kier alpha value is -2.37. The van der Waals surface area contributed by atoms with Crippen LogP contribution in [0.1, 0.15) is 44.7 Å². The lowest BCUT2D eigenvalue weighted by Crippen LogP contribution is -2.42. The number of carbonyl (C=O) groups excluding carboxylic acids is 3. The summed E-state index contributed by atoms with van der Waals surface area (Å²) < 4.78 is 5.05. The van der Waals surface area contributed by atoms with E-state index in [1.807, 2.05) is 30.3 Å². The van der Waals surface area contributed by atoms with Crippen molar-refractivity contribution < 1.29 is 19.1 Å². The van der Waals surface area contributed by atoms with Crippen LogP contribution in [-0.4, -0.2) is 42.4 Å². The first-order valence-electron chi connectivity index (χ1n) is 8.77. The minimum Gasteiger partial charge on any atom is -0.466 e. The van der Waals surface area contributed by atoms with Crippen molar-refractivity contribution in [1.82, 2.24) is 10.2 Å². The summed E-state index contributed by atoms with van der Waals surface area (Å²) in [6, 6.07) is 9.14. The largest absolute Gasteiger partial charge is 0.466 e. The fourth-order valence-electron chi connectivity index (χ4n) is 3.11. The molecule has 1 aromatic rings. The second-order valence-corrected chi connectivity index (χ2v) is 6.28. The maximum Gasteiger partial charge on any atom is 0.309 e. The van der Waals surface area contributed by atoms with E-state index in [1.54, 1.807) is 11.8 Å². The number of hydrogen-bond donors (Lipinski definition) is 1. The lowest BCUT2D eigenvalue weighted by Gasteiger charge is -2.32. The van der Waals surface area contributed by atoms with Crippen LogP contribution in [0, 0.1) is 5.92 Å². The van der Waals surface area contributed by atoms with E-state index in [0.29, 0.717) is 32.5 Å². The molecule has 0 spiro atoms. The van der Waals surface area contributed by atoms with E-state index in [4.69, 9.17) is 4.74 Å². The molecule has 1 aliphatic heterocycles. The minimum atomic E-state index is -0.339. The summed E-state index contributed by atoms with van der Waals surface area (Å²) >= 11 is 0. The van der Waals surface area contributed by atoms with Gasteiger partial charge in [0.1, 0.15) is 0 Å². The molecule has 0 aromatic heterocycles. The first-order chi connectivity index (χ1) is 12.0. The van der Waals surface area contributed by atoms with Gasteiger partial charge in [-0.3, -0.25) is 14.4 Å². The molecule has 6 heteroatoms. The molecule has 1 N–H and O–H groups in total. The third-order valence-electron chi connectivity index (χ3n) is 4.43. The van der Waals surface area contributed by atoms with E-state index in [-0.39, 0.29) is 36.2 Å². The van der Waals surface area contributed by atoms with E-state index >= 15 is 0 Å². The van der Waals surface area contributed by atoms with Crippen molar-refractivity contribution >= 4 is 17.8 Å². The smallest absolute Gasteiger partial charge is 0.309 e. The van der Waals surface area contributed by atoms with Crippen LogP contribution in [0.5, 0.6) is 0 Å². The molecular weight excluding hydrogens is 320 g/mol. The molecule has 1 aliphatic rings. The molecule has 0 saturated carbocycles. The lowest BCUT2D eigenvalue weighted by molar-refractivity contribution is -0.151.